The van der Waals surface area contributed by atoms with Gasteiger partial charge in [-0.1, -0.05) is 18.6 Å². The van der Waals surface area contributed by atoms with Crippen LogP contribution in [-0.4, -0.2) is 13.2 Å². The zero-order chi connectivity index (χ0) is 11.5. The Morgan fingerprint density at radius 1 is 1.50 bits per heavy atom. The van der Waals surface area contributed by atoms with Crippen LogP contribution in [0.2, 0.25) is 0 Å². The molecule has 1 aromatic rings. The first-order chi connectivity index (χ1) is 7.72. The summed E-state index contributed by atoms with van der Waals surface area (Å²) in [6.07, 6.45) is 4.24. The molecule has 1 fully saturated rings. The highest BCUT2D eigenvalue weighted by atomic mass is 19.1. The van der Waals surface area contributed by atoms with Gasteiger partial charge in [-0.25, -0.2) is 4.39 Å². The summed E-state index contributed by atoms with van der Waals surface area (Å²) < 4.78 is 18.8. The maximum absolute atomic E-state index is 13.8. The van der Waals surface area contributed by atoms with E-state index in [0.717, 1.165) is 0 Å². The number of halogens is 1. The lowest BCUT2D eigenvalue weighted by atomic mass is 9.78. The Labute approximate surface area is 95.6 Å². The average molecular weight is 223 g/mol. The second-order valence-electron chi connectivity index (χ2n) is 4.49. The van der Waals surface area contributed by atoms with E-state index in [1.807, 2.05) is 6.07 Å². The van der Waals surface area contributed by atoms with Crippen LogP contribution in [0, 0.1) is 11.7 Å². The summed E-state index contributed by atoms with van der Waals surface area (Å²) in [5.74, 6) is 0.615. The summed E-state index contributed by atoms with van der Waals surface area (Å²) in [6.45, 7) is 0. The molecular weight excluding hydrogens is 205 g/mol. The van der Waals surface area contributed by atoms with E-state index in [1.165, 1.54) is 26.4 Å². The number of hydrogen-bond donors (Lipinski definition) is 1. The maximum atomic E-state index is 13.8. The van der Waals surface area contributed by atoms with Crippen LogP contribution in [0.5, 0.6) is 5.75 Å². The van der Waals surface area contributed by atoms with Crippen molar-refractivity contribution in [2.75, 3.05) is 7.11 Å². The molecule has 1 aliphatic rings. The summed E-state index contributed by atoms with van der Waals surface area (Å²) in [4.78, 5) is 0. The molecule has 88 valence electrons. The van der Waals surface area contributed by atoms with E-state index in [2.05, 4.69) is 0 Å². The van der Waals surface area contributed by atoms with Crippen LogP contribution < -0.4 is 10.5 Å². The van der Waals surface area contributed by atoms with E-state index >= 15 is 0 Å². The molecule has 0 heterocycles. The molecule has 0 aliphatic heterocycles. The van der Waals surface area contributed by atoms with Crippen molar-refractivity contribution in [1.82, 2.24) is 0 Å². The summed E-state index contributed by atoms with van der Waals surface area (Å²) >= 11 is 0. The molecule has 0 bridgehead atoms. The van der Waals surface area contributed by atoms with E-state index in [-0.39, 0.29) is 11.9 Å². The minimum Gasteiger partial charge on any atom is -0.494 e. The van der Waals surface area contributed by atoms with Gasteiger partial charge in [0.25, 0.3) is 0 Å². The van der Waals surface area contributed by atoms with Crippen molar-refractivity contribution >= 4 is 0 Å². The van der Waals surface area contributed by atoms with Gasteiger partial charge in [-0.15, -0.1) is 0 Å². The van der Waals surface area contributed by atoms with Crippen molar-refractivity contribution in [2.24, 2.45) is 11.7 Å². The van der Waals surface area contributed by atoms with E-state index < -0.39 is 0 Å². The standard InChI is InChI=1S/C13H18FNO/c1-16-12-7-3-6-10(13(12)14)8-11(15)9-4-2-5-9/h3,6-7,9,11H,2,4-5,8,15H2,1H3. The van der Waals surface area contributed by atoms with Crippen molar-refractivity contribution in [3.63, 3.8) is 0 Å². The minimum absolute atomic E-state index is 0.0790. The summed E-state index contributed by atoms with van der Waals surface area (Å²) in [5, 5.41) is 0. The van der Waals surface area contributed by atoms with Gasteiger partial charge in [0.1, 0.15) is 0 Å². The number of methoxy groups -OCH3 is 1. The minimum atomic E-state index is -0.264. The van der Waals surface area contributed by atoms with E-state index in [0.29, 0.717) is 23.7 Å². The topological polar surface area (TPSA) is 35.2 Å². The Bertz CT molecular complexity index is 363. The smallest absolute Gasteiger partial charge is 0.168 e. The molecule has 0 aromatic heterocycles. The van der Waals surface area contributed by atoms with Crippen LogP contribution in [0.25, 0.3) is 0 Å². The fourth-order valence-corrected chi connectivity index (χ4v) is 2.16. The summed E-state index contributed by atoms with van der Waals surface area (Å²) in [7, 11) is 1.48. The molecule has 1 atom stereocenters. The first-order valence-corrected chi connectivity index (χ1v) is 5.79. The van der Waals surface area contributed by atoms with Crippen LogP contribution in [0.3, 0.4) is 0 Å². The molecule has 0 amide bonds. The van der Waals surface area contributed by atoms with Crippen LogP contribution >= 0.6 is 0 Å². The quantitative estimate of drug-likeness (QED) is 0.851. The van der Waals surface area contributed by atoms with Gasteiger partial charge in [0.15, 0.2) is 11.6 Å². The van der Waals surface area contributed by atoms with Crippen molar-refractivity contribution in [2.45, 2.75) is 31.7 Å². The lowest BCUT2D eigenvalue weighted by Gasteiger charge is -2.31. The van der Waals surface area contributed by atoms with Crippen molar-refractivity contribution in [1.29, 1.82) is 0 Å². The lowest BCUT2D eigenvalue weighted by molar-refractivity contribution is 0.259. The van der Waals surface area contributed by atoms with Gasteiger partial charge in [-0.3, -0.25) is 0 Å². The number of rotatable bonds is 4. The molecule has 2 rings (SSSR count). The molecule has 1 aromatic carbocycles. The SMILES string of the molecule is COc1cccc(CC(N)C2CCC2)c1F. The normalized spacial score (nSPS) is 17.9. The predicted molar refractivity (Wildman–Crippen MR) is 62.0 cm³/mol. The molecular formula is C13H18FNO. The molecule has 0 saturated heterocycles. The third-order valence-electron chi connectivity index (χ3n) is 3.47. The maximum Gasteiger partial charge on any atom is 0.168 e. The Morgan fingerprint density at radius 3 is 2.81 bits per heavy atom. The van der Waals surface area contributed by atoms with Gasteiger partial charge < -0.3 is 10.5 Å². The average Bonchev–Trinajstić information content (AvgIpc) is 2.18. The third kappa shape index (κ3) is 2.19. The lowest BCUT2D eigenvalue weighted by Crippen LogP contribution is -2.36. The second-order valence-corrected chi connectivity index (χ2v) is 4.49. The van der Waals surface area contributed by atoms with E-state index in [4.69, 9.17) is 10.5 Å². The molecule has 3 heteroatoms. The van der Waals surface area contributed by atoms with Gasteiger partial charge in [-0.05, 0) is 36.8 Å². The van der Waals surface area contributed by atoms with Crippen LogP contribution in [0.15, 0.2) is 18.2 Å². The monoisotopic (exact) mass is 223 g/mol. The van der Waals surface area contributed by atoms with Crippen molar-refractivity contribution in [3.8, 4) is 5.75 Å². The Hall–Kier alpha value is -1.09. The molecule has 0 radical (unpaired) electrons. The summed E-state index contributed by atoms with van der Waals surface area (Å²) in [6, 6.07) is 5.31. The zero-order valence-corrected chi connectivity index (χ0v) is 9.58. The highest BCUT2D eigenvalue weighted by Gasteiger charge is 2.25. The molecule has 1 unspecified atom stereocenters. The molecule has 2 nitrogen and oxygen atoms in total. The van der Waals surface area contributed by atoms with Gasteiger partial charge in [0.2, 0.25) is 0 Å². The molecule has 1 saturated carbocycles. The molecule has 0 spiro atoms. The third-order valence-corrected chi connectivity index (χ3v) is 3.47. The summed E-state index contributed by atoms with van der Waals surface area (Å²) in [5.41, 5.74) is 6.73. The zero-order valence-electron chi connectivity index (χ0n) is 9.58. The number of nitrogens with two attached hydrogens (primary N) is 1. The Balaban J connectivity index is 2.08. The van der Waals surface area contributed by atoms with Crippen LogP contribution in [0.4, 0.5) is 4.39 Å². The van der Waals surface area contributed by atoms with Gasteiger partial charge >= 0.3 is 0 Å². The van der Waals surface area contributed by atoms with E-state index in [9.17, 15) is 4.39 Å². The highest BCUT2D eigenvalue weighted by Crippen LogP contribution is 2.31. The van der Waals surface area contributed by atoms with Gasteiger partial charge in [0.05, 0.1) is 7.11 Å². The fourth-order valence-electron chi connectivity index (χ4n) is 2.16. The second kappa shape index (κ2) is 4.83. The van der Waals surface area contributed by atoms with Crippen LogP contribution in [-0.2, 0) is 6.42 Å². The fraction of sp³-hybridized carbons (Fsp3) is 0.538. The van der Waals surface area contributed by atoms with Crippen molar-refractivity contribution in [3.05, 3.63) is 29.6 Å². The number of ether oxygens (including phenoxy) is 1. The molecule has 16 heavy (non-hydrogen) atoms. The number of benzene rings is 1. The Morgan fingerprint density at radius 2 is 2.25 bits per heavy atom. The Kier molecular flexibility index (Phi) is 3.44. The van der Waals surface area contributed by atoms with Crippen molar-refractivity contribution < 1.29 is 9.13 Å². The van der Waals surface area contributed by atoms with Crippen LogP contribution in [0.1, 0.15) is 24.8 Å². The number of hydrogen-bond acceptors (Lipinski definition) is 2. The van der Waals surface area contributed by atoms with Gasteiger partial charge in [0, 0.05) is 6.04 Å². The largest absolute Gasteiger partial charge is 0.494 e. The first kappa shape index (κ1) is 11.4. The molecule has 1 aliphatic carbocycles. The van der Waals surface area contributed by atoms with E-state index in [1.54, 1.807) is 12.1 Å². The predicted octanol–water partition coefficient (Wildman–Crippen LogP) is 2.50. The molecule has 2 N–H and O–H groups in total. The first-order valence-electron chi connectivity index (χ1n) is 5.79. The highest BCUT2D eigenvalue weighted by molar-refractivity contribution is 5.31. The van der Waals surface area contributed by atoms with Gasteiger partial charge in [-0.2, -0.15) is 0 Å².